The van der Waals surface area contributed by atoms with Crippen molar-refractivity contribution in [3.05, 3.63) is 21.5 Å². The van der Waals surface area contributed by atoms with Crippen LogP contribution in [0.3, 0.4) is 0 Å². The summed E-state index contributed by atoms with van der Waals surface area (Å²) in [5.41, 5.74) is -0.344. The number of hydrogen-bond donors (Lipinski definition) is 0. The second-order valence-electron chi connectivity index (χ2n) is 2.44. The van der Waals surface area contributed by atoms with E-state index < -0.39 is 10.2 Å². The molecule has 1 aromatic heterocycles. The molecule has 0 saturated carbocycles. The predicted molar refractivity (Wildman–Crippen MR) is 44.8 cm³/mol. The first kappa shape index (κ1) is 9.66. The average molecular weight is 204 g/mol. The normalized spacial score (nSPS) is 10.1. The molecule has 0 radical (unpaired) electrons. The van der Waals surface area contributed by atoms with Crippen LogP contribution in [-0.2, 0) is 7.05 Å². The minimum atomic E-state index is -0.921. The van der Waals surface area contributed by atoms with Gasteiger partial charge in [-0.15, -0.1) is 0 Å². The summed E-state index contributed by atoms with van der Waals surface area (Å²) in [5.74, 6) is 0. The van der Waals surface area contributed by atoms with Crippen LogP contribution < -0.4 is 0 Å². The summed E-state index contributed by atoms with van der Waals surface area (Å²) in [6.07, 6.45) is 0. The monoisotopic (exact) mass is 203 g/mol. The van der Waals surface area contributed by atoms with Gasteiger partial charge in [0.1, 0.15) is 5.69 Å². The summed E-state index contributed by atoms with van der Waals surface area (Å²) < 4.78 is 1.24. The molecule has 6 nitrogen and oxygen atoms in total. The Bertz CT molecular complexity index is 385. The van der Waals surface area contributed by atoms with Crippen molar-refractivity contribution >= 4 is 22.5 Å². The average Bonchev–Trinajstić information content (AvgIpc) is 2.28. The highest BCUT2D eigenvalue weighted by Gasteiger charge is 2.27. The molecule has 1 aromatic rings. The van der Waals surface area contributed by atoms with E-state index in [0.717, 1.165) is 0 Å². The molecule has 7 heteroatoms. The molecule has 0 amide bonds. The maximum Gasteiger partial charge on any atom is 0.322 e. The fourth-order valence-corrected chi connectivity index (χ4v) is 1.08. The summed E-state index contributed by atoms with van der Waals surface area (Å²) in [4.78, 5) is 20.6. The number of carbonyl (C=O) groups is 1. The van der Waals surface area contributed by atoms with E-state index in [0.29, 0.717) is 5.69 Å². The van der Waals surface area contributed by atoms with Gasteiger partial charge in [-0.3, -0.25) is 19.6 Å². The quantitative estimate of drug-likeness (QED) is 0.408. The van der Waals surface area contributed by atoms with Crippen LogP contribution >= 0.6 is 11.6 Å². The number of halogens is 1. The lowest BCUT2D eigenvalue weighted by molar-refractivity contribution is -0.385. The van der Waals surface area contributed by atoms with E-state index in [9.17, 15) is 14.9 Å². The van der Waals surface area contributed by atoms with Crippen molar-refractivity contribution in [1.29, 1.82) is 0 Å². The Morgan fingerprint density at radius 2 is 2.23 bits per heavy atom. The molecule has 0 aliphatic rings. The van der Waals surface area contributed by atoms with Gasteiger partial charge < -0.3 is 0 Å². The predicted octanol–water partition coefficient (Wildman–Crippen LogP) is 1.02. The fourth-order valence-electron chi connectivity index (χ4n) is 0.948. The maximum atomic E-state index is 10.7. The first-order chi connectivity index (χ1) is 5.95. The molecule has 0 fully saturated rings. The van der Waals surface area contributed by atoms with E-state index in [1.165, 1.54) is 18.7 Å². The lowest BCUT2D eigenvalue weighted by Crippen LogP contribution is -1.97. The van der Waals surface area contributed by atoms with Gasteiger partial charge in [0.15, 0.2) is 0 Å². The highest BCUT2D eigenvalue weighted by atomic mass is 35.5. The third kappa shape index (κ3) is 1.52. The van der Waals surface area contributed by atoms with E-state index in [1.807, 2.05) is 0 Å². The number of carbonyl (C=O) groups excluding carboxylic acids is 1. The Morgan fingerprint density at radius 1 is 1.69 bits per heavy atom. The van der Waals surface area contributed by atoms with Crippen LogP contribution in [0.2, 0.25) is 0 Å². The van der Waals surface area contributed by atoms with Crippen molar-refractivity contribution < 1.29 is 9.72 Å². The largest absolute Gasteiger partial charge is 0.322 e. The number of hydrogen-bond acceptors (Lipinski definition) is 4. The molecular weight excluding hydrogens is 198 g/mol. The summed E-state index contributed by atoms with van der Waals surface area (Å²) in [6.45, 7) is 1.49. The molecule has 0 unspecified atom stereocenters. The molecule has 0 aromatic carbocycles. The minimum absolute atomic E-state index is 0.300. The van der Waals surface area contributed by atoms with Gasteiger partial charge in [0, 0.05) is 7.05 Å². The van der Waals surface area contributed by atoms with Crippen LogP contribution in [0.25, 0.3) is 0 Å². The number of nitro groups is 1. The molecule has 0 aliphatic heterocycles. The van der Waals surface area contributed by atoms with Gasteiger partial charge in [-0.2, -0.15) is 5.10 Å². The number of aryl methyl sites for hydroxylation is 1. The van der Waals surface area contributed by atoms with E-state index in [-0.39, 0.29) is 11.4 Å². The SMILES string of the molecule is Cc1c([N+](=O)[O-])c(C(=O)Cl)nn1C. The van der Waals surface area contributed by atoms with Crippen LogP contribution in [0.1, 0.15) is 16.2 Å². The summed E-state index contributed by atoms with van der Waals surface area (Å²) >= 11 is 5.12. The number of aromatic nitrogens is 2. The maximum absolute atomic E-state index is 10.7. The molecule has 0 spiro atoms. The van der Waals surface area contributed by atoms with Crippen LogP contribution in [0, 0.1) is 17.0 Å². The minimum Gasteiger partial charge on any atom is -0.273 e. The van der Waals surface area contributed by atoms with Gasteiger partial charge in [-0.25, -0.2) is 0 Å². The summed E-state index contributed by atoms with van der Waals surface area (Å²) in [6, 6.07) is 0. The fraction of sp³-hybridized carbons (Fsp3) is 0.333. The Hall–Kier alpha value is -1.43. The summed E-state index contributed by atoms with van der Waals surface area (Å²) in [5, 5.41) is 13.2. The van der Waals surface area contributed by atoms with E-state index in [1.54, 1.807) is 0 Å². The molecule has 13 heavy (non-hydrogen) atoms. The lowest BCUT2D eigenvalue weighted by atomic mass is 10.3. The van der Waals surface area contributed by atoms with Crippen molar-refractivity contribution in [2.75, 3.05) is 0 Å². The molecule has 0 N–H and O–H groups in total. The zero-order valence-electron chi connectivity index (χ0n) is 6.94. The molecule has 0 aliphatic carbocycles. The van der Waals surface area contributed by atoms with Crippen molar-refractivity contribution in [3.8, 4) is 0 Å². The van der Waals surface area contributed by atoms with Crippen LogP contribution in [0.5, 0.6) is 0 Å². The topological polar surface area (TPSA) is 78.0 Å². The zero-order chi connectivity index (χ0) is 10.2. The van der Waals surface area contributed by atoms with Crippen molar-refractivity contribution in [2.45, 2.75) is 6.92 Å². The van der Waals surface area contributed by atoms with Gasteiger partial charge in [0.05, 0.1) is 4.92 Å². The number of rotatable bonds is 2. The van der Waals surface area contributed by atoms with Crippen molar-refractivity contribution in [3.63, 3.8) is 0 Å². The third-order valence-corrected chi connectivity index (χ3v) is 1.85. The zero-order valence-corrected chi connectivity index (χ0v) is 7.70. The third-order valence-electron chi connectivity index (χ3n) is 1.67. The van der Waals surface area contributed by atoms with E-state index in [4.69, 9.17) is 11.6 Å². The molecule has 0 atom stereocenters. The van der Waals surface area contributed by atoms with Gasteiger partial charge in [-0.1, -0.05) is 0 Å². The lowest BCUT2D eigenvalue weighted by Gasteiger charge is -1.90. The Morgan fingerprint density at radius 3 is 2.54 bits per heavy atom. The second-order valence-corrected chi connectivity index (χ2v) is 2.78. The van der Waals surface area contributed by atoms with Gasteiger partial charge >= 0.3 is 5.69 Å². The second kappa shape index (κ2) is 3.14. The molecular formula is C6H6ClN3O3. The van der Waals surface area contributed by atoms with Gasteiger partial charge in [0.2, 0.25) is 5.69 Å². The smallest absolute Gasteiger partial charge is 0.273 e. The van der Waals surface area contributed by atoms with E-state index in [2.05, 4.69) is 5.10 Å². The molecule has 0 bridgehead atoms. The first-order valence-electron chi connectivity index (χ1n) is 3.33. The van der Waals surface area contributed by atoms with E-state index >= 15 is 0 Å². The Kier molecular flexibility index (Phi) is 2.33. The molecule has 0 saturated heterocycles. The summed E-state index contributed by atoms with van der Waals surface area (Å²) in [7, 11) is 1.51. The Labute approximate surface area is 78.3 Å². The van der Waals surface area contributed by atoms with Crippen LogP contribution in [0.4, 0.5) is 5.69 Å². The Balaban J connectivity index is 3.44. The van der Waals surface area contributed by atoms with Crippen LogP contribution in [-0.4, -0.2) is 19.9 Å². The van der Waals surface area contributed by atoms with Crippen molar-refractivity contribution in [1.82, 2.24) is 9.78 Å². The number of nitrogens with zero attached hydrogens (tertiary/aromatic N) is 3. The highest BCUT2D eigenvalue weighted by molar-refractivity contribution is 6.67. The first-order valence-corrected chi connectivity index (χ1v) is 3.70. The standard InChI is InChI=1S/C6H6ClN3O3/c1-3-5(10(12)13)4(6(7)11)8-9(3)2/h1-2H3. The van der Waals surface area contributed by atoms with Gasteiger partial charge in [0.25, 0.3) is 5.24 Å². The molecule has 70 valence electrons. The van der Waals surface area contributed by atoms with Crippen LogP contribution in [0.15, 0.2) is 0 Å². The van der Waals surface area contributed by atoms with Gasteiger partial charge in [-0.05, 0) is 18.5 Å². The highest BCUT2D eigenvalue weighted by Crippen LogP contribution is 2.23. The van der Waals surface area contributed by atoms with Crippen molar-refractivity contribution in [2.24, 2.45) is 7.05 Å². The molecule has 1 rings (SSSR count). The molecule has 1 heterocycles.